The smallest absolute Gasteiger partial charge is 0.265 e. The van der Waals surface area contributed by atoms with E-state index < -0.39 is 44.4 Å². The van der Waals surface area contributed by atoms with E-state index in [1.807, 2.05) is 54.7 Å². The van der Waals surface area contributed by atoms with Crippen molar-refractivity contribution in [2.45, 2.75) is 44.0 Å². The van der Waals surface area contributed by atoms with Gasteiger partial charge < -0.3 is 34.8 Å². The number of aliphatic hydroxyl groups is 2. The largest absolute Gasteiger partial charge is 0.392 e. The lowest BCUT2D eigenvalue weighted by atomic mass is 9.86. The van der Waals surface area contributed by atoms with E-state index in [1.165, 1.54) is 57.9 Å². The normalized spacial score (nSPS) is 36.8. The van der Waals surface area contributed by atoms with Crippen molar-refractivity contribution < 1.29 is 29.4 Å². The van der Waals surface area contributed by atoms with E-state index in [4.69, 9.17) is 0 Å². The lowest BCUT2D eigenvalue weighted by Crippen LogP contribution is -2.77. The first kappa shape index (κ1) is 30.1. The number of hydrogen-bond acceptors (Lipinski definition) is 11. The summed E-state index contributed by atoms with van der Waals surface area (Å²) in [6, 6.07) is 15.8. The highest BCUT2D eigenvalue weighted by Crippen LogP contribution is 2.69. The van der Waals surface area contributed by atoms with E-state index >= 15 is 0 Å². The second-order valence-corrected chi connectivity index (χ2v) is 18.3. The van der Waals surface area contributed by atoms with Gasteiger partial charge in [0.05, 0.1) is 13.2 Å². The first-order valence-electron chi connectivity index (χ1n) is 15.1. The van der Waals surface area contributed by atoms with Crippen LogP contribution in [0.3, 0.4) is 0 Å². The molecular weight excluding hydrogens is 681 g/mol. The van der Waals surface area contributed by atoms with Gasteiger partial charge in [-0.25, -0.2) is 0 Å². The fourth-order valence-electron chi connectivity index (χ4n) is 8.49. The van der Waals surface area contributed by atoms with Gasteiger partial charge in [-0.2, -0.15) is 0 Å². The number of rotatable bonds is 5. The maximum atomic E-state index is 14.4. The van der Waals surface area contributed by atoms with Gasteiger partial charge in [-0.15, -0.1) is 0 Å². The number of benzene rings is 2. The van der Waals surface area contributed by atoms with E-state index in [1.54, 1.807) is 26.0 Å². The van der Waals surface area contributed by atoms with Crippen molar-refractivity contribution in [1.82, 2.24) is 24.2 Å². The summed E-state index contributed by atoms with van der Waals surface area (Å²) in [4.78, 5) is 57.1. The van der Waals surface area contributed by atoms with Gasteiger partial charge >= 0.3 is 0 Å². The molecule has 0 radical (unpaired) electrons. The van der Waals surface area contributed by atoms with Crippen LogP contribution < -0.4 is 5.32 Å². The van der Waals surface area contributed by atoms with Gasteiger partial charge in [-0.3, -0.25) is 24.1 Å². The van der Waals surface area contributed by atoms with Crippen LogP contribution in [0.1, 0.15) is 17.5 Å². The third kappa shape index (κ3) is 3.12. The van der Waals surface area contributed by atoms with Crippen molar-refractivity contribution in [2.75, 3.05) is 39.7 Å². The number of carbonyl (C=O) groups is 4. The highest BCUT2D eigenvalue weighted by Gasteiger charge is 2.78. The van der Waals surface area contributed by atoms with Crippen LogP contribution in [0.2, 0.25) is 0 Å². The zero-order valence-corrected chi connectivity index (χ0v) is 28.8. The molecule has 3 aromatic rings. The molecule has 4 amide bonds. The molecule has 244 valence electrons. The summed E-state index contributed by atoms with van der Waals surface area (Å²) in [5, 5.41) is 25.2. The molecular formula is C31H30N6O6S4. The van der Waals surface area contributed by atoms with Crippen LogP contribution in [0.4, 0.5) is 5.69 Å². The lowest BCUT2D eigenvalue weighted by molar-refractivity contribution is -0.166. The molecule has 0 saturated carbocycles. The molecule has 12 nitrogen and oxygen atoms in total. The number of likely N-dealkylation sites (N-methyl/N-ethyl adjacent to an activating group) is 3. The van der Waals surface area contributed by atoms with Gasteiger partial charge in [0, 0.05) is 62.3 Å². The fourth-order valence-corrected chi connectivity index (χ4v) is 15.7. The van der Waals surface area contributed by atoms with Crippen molar-refractivity contribution in [1.29, 1.82) is 0 Å². The summed E-state index contributed by atoms with van der Waals surface area (Å²) in [5.41, 5.74) is 2.55. The Morgan fingerprint density at radius 3 is 2.13 bits per heavy atom. The van der Waals surface area contributed by atoms with Gasteiger partial charge in [-0.05, 0) is 39.3 Å². The Bertz CT molecular complexity index is 1980. The number of nitrogens with one attached hydrogen (secondary N) is 1. The van der Waals surface area contributed by atoms with Crippen LogP contribution in [-0.4, -0.2) is 118 Å². The molecule has 0 unspecified atom stereocenters. The number of piperazine rings is 2. The van der Waals surface area contributed by atoms with Gasteiger partial charge in [0.15, 0.2) is 9.74 Å². The maximum Gasteiger partial charge on any atom is 0.265 e. The Morgan fingerprint density at radius 2 is 1.36 bits per heavy atom. The Hall–Kier alpha value is -3.02. The van der Waals surface area contributed by atoms with Crippen molar-refractivity contribution in [3.63, 3.8) is 0 Å². The second-order valence-electron chi connectivity index (χ2n) is 13.0. The minimum absolute atomic E-state index is 0.203. The number of aromatic nitrogens is 1. The second kappa shape index (κ2) is 9.36. The van der Waals surface area contributed by atoms with Gasteiger partial charge in [-0.1, -0.05) is 58.0 Å². The fraction of sp³-hybridized carbons (Fsp3) is 0.419. The van der Waals surface area contributed by atoms with Gasteiger partial charge in [0.25, 0.3) is 23.6 Å². The molecule has 9 heterocycles. The van der Waals surface area contributed by atoms with Gasteiger partial charge in [0.1, 0.15) is 11.7 Å². The summed E-state index contributed by atoms with van der Waals surface area (Å²) < 4.78 is 2.16. The Balaban J connectivity index is 1.25. The predicted octanol–water partition coefficient (Wildman–Crippen LogP) is 1.87. The number of hydrogen-bond donors (Lipinski definition) is 3. The molecule has 0 aliphatic carbocycles. The van der Waals surface area contributed by atoms with Crippen molar-refractivity contribution in [2.24, 2.45) is 0 Å². The number of aliphatic hydroxyl groups excluding tert-OH is 2. The van der Waals surface area contributed by atoms with Crippen molar-refractivity contribution in [3.8, 4) is 0 Å². The minimum atomic E-state index is -1.43. The number of para-hydroxylation sites is 2. The standard InChI is InChI=1S/C31H30N6O6S4/c1-33-25(42)30(15-38)34(2)23(40)28(33,44-46-30)12-17-13-36(21-11-7-4-8-18(17)21)27-14-29-24(41)35(3)31(16-39,47-45-29)26(43)37(29)22(27)32-20-10-6-5-9-19(20)27/h4-11,13,22,32,38-39H,12,14-16H2,1-3H3/t22-,27-,28+,29+,30+,31+/m1/s1. The molecule has 6 atom stereocenters. The molecule has 4 bridgehead atoms. The molecule has 16 heteroatoms. The summed E-state index contributed by atoms with van der Waals surface area (Å²) in [5.74, 6) is -1.11. The summed E-state index contributed by atoms with van der Waals surface area (Å²) in [6.07, 6.45) is 1.85. The molecule has 8 aliphatic heterocycles. The number of nitrogens with zero attached hydrogens (tertiary/aromatic N) is 5. The number of amides is 4. The highest BCUT2D eigenvalue weighted by atomic mass is 33.1. The predicted molar refractivity (Wildman–Crippen MR) is 182 cm³/mol. The van der Waals surface area contributed by atoms with Crippen LogP contribution in [0.25, 0.3) is 10.9 Å². The van der Waals surface area contributed by atoms with E-state index in [0.29, 0.717) is 0 Å². The molecule has 7 saturated heterocycles. The topological polar surface area (TPSA) is 139 Å². The van der Waals surface area contributed by atoms with Crippen LogP contribution in [0, 0.1) is 0 Å². The first-order valence-corrected chi connectivity index (χ1v) is 19.4. The van der Waals surface area contributed by atoms with E-state index in [9.17, 15) is 29.4 Å². The highest BCUT2D eigenvalue weighted by molar-refractivity contribution is 8.78. The Labute approximate surface area is 285 Å². The maximum absolute atomic E-state index is 14.4. The monoisotopic (exact) mass is 710 g/mol. The zero-order valence-electron chi connectivity index (χ0n) is 25.5. The Kier molecular flexibility index (Phi) is 5.99. The van der Waals surface area contributed by atoms with Gasteiger partial charge in [0.2, 0.25) is 9.74 Å². The molecule has 47 heavy (non-hydrogen) atoms. The SMILES string of the molecule is CN1C(=O)[C@]2(Cc3cn([C@@]45C[C@@]67SS[C@@](CO)(C(=O)N6[C@H]4Nc4ccccc45)N(C)C7=O)c4ccccc34)SS[C@@]1(CO)C(=O)N2C. The molecule has 8 aliphatic rings. The summed E-state index contributed by atoms with van der Waals surface area (Å²) >= 11 is 0. The first-order chi connectivity index (χ1) is 22.5. The molecule has 2 aromatic carbocycles. The average molecular weight is 711 g/mol. The molecule has 7 fully saturated rings. The van der Waals surface area contributed by atoms with Crippen LogP contribution in [0.5, 0.6) is 0 Å². The molecule has 11 rings (SSSR count). The third-order valence-electron chi connectivity index (χ3n) is 11.1. The molecule has 3 N–H and O–H groups in total. The number of anilines is 1. The molecule has 1 aromatic heterocycles. The van der Waals surface area contributed by atoms with Crippen LogP contribution in [-0.2, 0) is 31.1 Å². The third-order valence-corrected chi connectivity index (χ3v) is 18.4. The minimum Gasteiger partial charge on any atom is -0.392 e. The van der Waals surface area contributed by atoms with E-state index in [2.05, 4.69) is 9.88 Å². The summed E-state index contributed by atoms with van der Waals surface area (Å²) in [6.45, 7) is -0.994. The number of fused-ring (bicyclic) bond motifs is 9. The zero-order chi connectivity index (χ0) is 32.9. The van der Waals surface area contributed by atoms with Crippen LogP contribution in [0.15, 0.2) is 54.7 Å². The van der Waals surface area contributed by atoms with Crippen LogP contribution >= 0.6 is 43.2 Å². The summed E-state index contributed by atoms with van der Waals surface area (Å²) in [7, 11) is 9.90. The van der Waals surface area contributed by atoms with Crippen molar-refractivity contribution in [3.05, 3.63) is 65.9 Å². The van der Waals surface area contributed by atoms with E-state index in [0.717, 1.165) is 27.7 Å². The Morgan fingerprint density at radius 1 is 0.766 bits per heavy atom. The quantitative estimate of drug-likeness (QED) is 0.335. The lowest BCUT2D eigenvalue weighted by Gasteiger charge is -2.58. The number of carbonyl (C=O) groups excluding carboxylic acids is 4. The van der Waals surface area contributed by atoms with Crippen molar-refractivity contribution >= 4 is 83.4 Å². The van der Waals surface area contributed by atoms with E-state index in [-0.39, 0.29) is 36.5 Å². The molecule has 1 spiro atoms. The average Bonchev–Trinajstić information content (AvgIpc) is 3.71.